The monoisotopic (exact) mass is 350 g/mol. The van der Waals surface area contributed by atoms with E-state index in [1.54, 1.807) is 30.6 Å². The molecular formula is C17H19FN2O3S. The van der Waals surface area contributed by atoms with Gasteiger partial charge in [0.2, 0.25) is 10.0 Å². The van der Waals surface area contributed by atoms with Crippen LogP contribution < -0.4 is 4.74 Å². The van der Waals surface area contributed by atoms with Crippen molar-refractivity contribution in [2.45, 2.75) is 24.7 Å². The standard InChI is InChI=1S/C17H19FN2O3S/c18-15-4-1-3-14(11-15)13-24(21,22)20-10-2-5-17(12-20)23-16-6-8-19-9-7-16/h1,3-4,6-9,11,17H,2,5,10,12-13H2. The van der Waals surface area contributed by atoms with E-state index in [-0.39, 0.29) is 11.9 Å². The predicted octanol–water partition coefficient (Wildman–Crippen LogP) is 2.59. The van der Waals surface area contributed by atoms with Gasteiger partial charge in [0.15, 0.2) is 0 Å². The summed E-state index contributed by atoms with van der Waals surface area (Å²) < 4.78 is 45.7. The summed E-state index contributed by atoms with van der Waals surface area (Å²) in [6, 6.07) is 9.20. The highest BCUT2D eigenvalue weighted by atomic mass is 32.2. The number of aromatic nitrogens is 1. The Bertz CT molecular complexity index is 783. The van der Waals surface area contributed by atoms with Crippen LogP contribution in [-0.4, -0.2) is 36.9 Å². The molecule has 128 valence electrons. The first-order chi connectivity index (χ1) is 11.5. The highest BCUT2D eigenvalue weighted by Crippen LogP contribution is 2.21. The molecular weight excluding hydrogens is 331 g/mol. The van der Waals surface area contributed by atoms with E-state index in [1.165, 1.54) is 22.5 Å². The summed E-state index contributed by atoms with van der Waals surface area (Å²) >= 11 is 0. The van der Waals surface area contributed by atoms with Gasteiger partial charge in [-0.1, -0.05) is 12.1 Å². The van der Waals surface area contributed by atoms with Crippen molar-refractivity contribution in [1.82, 2.24) is 9.29 Å². The van der Waals surface area contributed by atoms with Crippen molar-refractivity contribution >= 4 is 10.0 Å². The molecule has 1 atom stereocenters. The van der Waals surface area contributed by atoms with E-state index >= 15 is 0 Å². The number of halogens is 1. The van der Waals surface area contributed by atoms with Crippen molar-refractivity contribution in [2.75, 3.05) is 13.1 Å². The smallest absolute Gasteiger partial charge is 0.218 e. The Balaban J connectivity index is 1.67. The van der Waals surface area contributed by atoms with Gasteiger partial charge in [0.1, 0.15) is 17.7 Å². The molecule has 0 aliphatic carbocycles. The Hall–Kier alpha value is -1.99. The number of piperidine rings is 1. The van der Waals surface area contributed by atoms with Crippen LogP contribution in [0.25, 0.3) is 0 Å². The van der Waals surface area contributed by atoms with Crippen LogP contribution in [0.2, 0.25) is 0 Å². The number of benzene rings is 1. The number of rotatable bonds is 5. The van der Waals surface area contributed by atoms with Crippen molar-refractivity contribution in [3.63, 3.8) is 0 Å². The normalized spacial score (nSPS) is 19.1. The fourth-order valence-electron chi connectivity index (χ4n) is 2.79. The lowest BCUT2D eigenvalue weighted by Gasteiger charge is -2.32. The summed E-state index contributed by atoms with van der Waals surface area (Å²) in [5.74, 6) is 0.0480. The first kappa shape index (κ1) is 16.9. The van der Waals surface area contributed by atoms with Gasteiger partial charge >= 0.3 is 0 Å². The summed E-state index contributed by atoms with van der Waals surface area (Å²) in [7, 11) is -3.50. The Morgan fingerprint density at radius 1 is 1.25 bits per heavy atom. The first-order valence-corrected chi connectivity index (χ1v) is 9.43. The van der Waals surface area contributed by atoms with Gasteiger partial charge in [0.05, 0.1) is 12.3 Å². The van der Waals surface area contributed by atoms with Crippen LogP contribution in [0, 0.1) is 5.82 Å². The zero-order valence-corrected chi connectivity index (χ0v) is 14.0. The zero-order chi connectivity index (χ0) is 17.0. The zero-order valence-electron chi connectivity index (χ0n) is 13.1. The average molecular weight is 350 g/mol. The molecule has 1 aromatic heterocycles. The summed E-state index contributed by atoms with van der Waals surface area (Å²) in [5, 5.41) is 0. The molecule has 0 saturated carbocycles. The highest BCUT2D eigenvalue weighted by molar-refractivity contribution is 7.88. The van der Waals surface area contributed by atoms with Crippen LogP contribution in [0.15, 0.2) is 48.8 Å². The molecule has 24 heavy (non-hydrogen) atoms. The number of ether oxygens (including phenoxy) is 1. The summed E-state index contributed by atoms with van der Waals surface area (Å²) in [4.78, 5) is 3.93. The maximum atomic E-state index is 13.3. The topological polar surface area (TPSA) is 59.5 Å². The Labute approximate surface area is 141 Å². The number of sulfonamides is 1. The van der Waals surface area contributed by atoms with Crippen LogP contribution in [0.4, 0.5) is 4.39 Å². The van der Waals surface area contributed by atoms with Gasteiger partial charge in [-0.3, -0.25) is 4.98 Å². The molecule has 1 aromatic carbocycles. The van der Waals surface area contributed by atoms with Crippen molar-refractivity contribution in [3.05, 3.63) is 60.2 Å². The first-order valence-electron chi connectivity index (χ1n) is 7.82. The second kappa shape index (κ2) is 7.27. The van der Waals surface area contributed by atoms with Gasteiger partial charge in [-0.25, -0.2) is 12.8 Å². The lowest BCUT2D eigenvalue weighted by atomic mass is 10.1. The number of pyridine rings is 1. The number of hydrogen-bond donors (Lipinski definition) is 0. The quantitative estimate of drug-likeness (QED) is 0.832. The van der Waals surface area contributed by atoms with E-state index in [1.807, 2.05) is 0 Å². The minimum absolute atomic E-state index is 0.191. The fourth-order valence-corrected chi connectivity index (χ4v) is 4.38. The van der Waals surface area contributed by atoms with Gasteiger partial charge < -0.3 is 4.74 Å². The molecule has 1 aliphatic rings. The molecule has 3 rings (SSSR count). The van der Waals surface area contributed by atoms with Crippen molar-refractivity contribution in [3.8, 4) is 5.75 Å². The number of hydrogen-bond acceptors (Lipinski definition) is 4. The molecule has 2 aromatic rings. The molecule has 0 amide bonds. The van der Waals surface area contributed by atoms with Gasteiger partial charge in [-0.2, -0.15) is 4.31 Å². The minimum Gasteiger partial charge on any atom is -0.489 e. The van der Waals surface area contributed by atoms with Crippen LogP contribution in [-0.2, 0) is 15.8 Å². The van der Waals surface area contributed by atoms with Crippen molar-refractivity contribution < 1.29 is 17.5 Å². The van der Waals surface area contributed by atoms with E-state index < -0.39 is 15.8 Å². The molecule has 0 radical (unpaired) electrons. The third-order valence-corrected chi connectivity index (χ3v) is 5.74. The van der Waals surface area contributed by atoms with E-state index in [0.717, 1.165) is 12.8 Å². The average Bonchev–Trinajstić information content (AvgIpc) is 2.56. The van der Waals surface area contributed by atoms with Gasteiger partial charge in [0, 0.05) is 18.9 Å². The van der Waals surface area contributed by atoms with E-state index in [4.69, 9.17) is 4.74 Å². The summed E-state index contributed by atoms with van der Waals surface area (Å²) in [5.41, 5.74) is 0.451. The molecule has 7 heteroatoms. The molecule has 2 heterocycles. The predicted molar refractivity (Wildman–Crippen MR) is 88.5 cm³/mol. The third-order valence-electron chi connectivity index (χ3n) is 3.92. The van der Waals surface area contributed by atoms with E-state index in [2.05, 4.69) is 4.98 Å². The largest absolute Gasteiger partial charge is 0.489 e. The van der Waals surface area contributed by atoms with E-state index in [0.29, 0.717) is 24.4 Å². The molecule has 1 saturated heterocycles. The second-order valence-corrected chi connectivity index (χ2v) is 7.78. The Morgan fingerprint density at radius 2 is 2.04 bits per heavy atom. The molecule has 1 unspecified atom stereocenters. The number of nitrogens with zero attached hydrogens (tertiary/aromatic N) is 2. The fraction of sp³-hybridized carbons (Fsp3) is 0.353. The maximum absolute atomic E-state index is 13.3. The van der Waals surface area contributed by atoms with Crippen LogP contribution in [0.3, 0.4) is 0 Å². The van der Waals surface area contributed by atoms with Crippen molar-refractivity contribution in [1.29, 1.82) is 0 Å². The lowest BCUT2D eigenvalue weighted by molar-refractivity contribution is 0.129. The van der Waals surface area contributed by atoms with Crippen LogP contribution in [0.5, 0.6) is 5.75 Å². The summed E-state index contributed by atoms with van der Waals surface area (Å²) in [6.45, 7) is 0.772. The Kier molecular flexibility index (Phi) is 5.11. The third kappa shape index (κ3) is 4.30. The van der Waals surface area contributed by atoms with Crippen molar-refractivity contribution in [2.24, 2.45) is 0 Å². The molecule has 1 fully saturated rings. The molecule has 0 N–H and O–H groups in total. The maximum Gasteiger partial charge on any atom is 0.218 e. The molecule has 5 nitrogen and oxygen atoms in total. The van der Waals surface area contributed by atoms with Crippen LogP contribution >= 0.6 is 0 Å². The lowest BCUT2D eigenvalue weighted by Crippen LogP contribution is -2.44. The Morgan fingerprint density at radius 3 is 2.79 bits per heavy atom. The van der Waals surface area contributed by atoms with Gasteiger partial charge in [-0.15, -0.1) is 0 Å². The van der Waals surface area contributed by atoms with E-state index in [9.17, 15) is 12.8 Å². The molecule has 1 aliphatic heterocycles. The minimum atomic E-state index is -3.50. The SMILES string of the molecule is O=S(=O)(Cc1cccc(F)c1)N1CCCC(Oc2ccncc2)C1. The molecule has 0 spiro atoms. The van der Waals surface area contributed by atoms with Crippen LogP contribution in [0.1, 0.15) is 18.4 Å². The summed E-state index contributed by atoms with van der Waals surface area (Å²) in [6.07, 6.45) is 4.61. The molecule has 0 bridgehead atoms. The second-order valence-electron chi connectivity index (χ2n) is 5.81. The van der Waals surface area contributed by atoms with Gasteiger partial charge in [-0.05, 0) is 42.7 Å². The highest BCUT2D eigenvalue weighted by Gasteiger charge is 2.30. The van der Waals surface area contributed by atoms with Gasteiger partial charge in [0.25, 0.3) is 0 Å².